The van der Waals surface area contributed by atoms with Gasteiger partial charge in [-0.1, -0.05) is 54.2 Å². The van der Waals surface area contributed by atoms with Crippen molar-refractivity contribution in [1.82, 2.24) is 4.90 Å². The lowest BCUT2D eigenvalue weighted by atomic mass is 9.96. The lowest BCUT2D eigenvalue weighted by molar-refractivity contribution is -0.116. The summed E-state index contributed by atoms with van der Waals surface area (Å²) >= 11 is 13.7. The Morgan fingerprint density at radius 2 is 2.00 bits per heavy atom. The number of carbonyl (C=O) groups is 1. The van der Waals surface area contributed by atoms with Crippen LogP contribution in [0.5, 0.6) is 0 Å². The standard InChI is InChI=1S/C18H23Cl2N3OS.ClH/c1-23-14(11-25-18(23)22-12-5-3-2-4-6-12)10-17(24)21-13-7-8-15(19)16(20)9-13;/h7-9,12,14H,2-6,10-11H2,1H3,(H,21,24);1H. The fourth-order valence-electron chi connectivity index (χ4n) is 3.23. The fourth-order valence-corrected chi connectivity index (χ4v) is 4.79. The topological polar surface area (TPSA) is 44.7 Å². The minimum Gasteiger partial charge on any atom is -0.350 e. The van der Waals surface area contributed by atoms with Crippen molar-refractivity contribution in [2.24, 2.45) is 4.99 Å². The summed E-state index contributed by atoms with van der Waals surface area (Å²) in [5.74, 6) is 0.881. The monoisotopic (exact) mass is 435 g/mol. The summed E-state index contributed by atoms with van der Waals surface area (Å²) in [4.78, 5) is 19.4. The molecule has 2 aliphatic rings. The molecule has 3 rings (SSSR count). The second kappa shape index (κ2) is 10.1. The van der Waals surface area contributed by atoms with Crippen molar-refractivity contribution in [3.63, 3.8) is 0 Å². The third kappa shape index (κ3) is 5.69. The van der Waals surface area contributed by atoms with Crippen molar-refractivity contribution in [2.75, 3.05) is 18.1 Å². The second-order valence-corrected chi connectivity index (χ2v) is 8.46. The van der Waals surface area contributed by atoms with Gasteiger partial charge in [-0.3, -0.25) is 9.79 Å². The van der Waals surface area contributed by atoms with E-state index in [9.17, 15) is 4.79 Å². The molecule has 1 saturated carbocycles. The highest BCUT2D eigenvalue weighted by Crippen LogP contribution is 2.29. The molecule has 1 unspecified atom stereocenters. The molecular weight excluding hydrogens is 413 g/mol. The summed E-state index contributed by atoms with van der Waals surface area (Å²) in [7, 11) is 2.04. The highest BCUT2D eigenvalue weighted by Gasteiger charge is 2.29. The van der Waals surface area contributed by atoms with Gasteiger partial charge in [0.25, 0.3) is 0 Å². The number of nitrogens with one attached hydrogen (secondary N) is 1. The maximum absolute atomic E-state index is 12.3. The van der Waals surface area contributed by atoms with Crippen LogP contribution in [0, 0.1) is 0 Å². The lowest BCUT2D eigenvalue weighted by Gasteiger charge is -2.23. The minimum atomic E-state index is -0.0187. The molecule has 144 valence electrons. The van der Waals surface area contributed by atoms with E-state index in [0.717, 1.165) is 10.9 Å². The number of carbonyl (C=O) groups excluding carboxylic acids is 1. The number of amidine groups is 1. The van der Waals surface area contributed by atoms with Gasteiger partial charge in [-0.2, -0.15) is 0 Å². The summed E-state index contributed by atoms with van der Waals surface area (Å²) in [6.45, 7) is 0. The van der Waals surface area contributed by atoms with Crippen LogP contribution in [0.25, 0.3) is 0 Å². The number of aliphatic imine (C=N–C) groups is 1. The molecule has 8 heteroatoms. The molecule has 0 spiro atoms. The van der Waals surface area contributed by atoms with Crippen LogP contribution in [0.3, 0.4) is 0 Å². The quantitative estimate of drug-likeness (QED) is 0.679. The molecule has 1 heterocycles. The number of rotatable bonds is 4. The predicted octanol–water partition coefficient (Wildman–Crippen LogP) is 5.48. The van der Waals surface area contributed by atoms with Gasteiger partial charge in [0.2, 0.25) is 5.91 Å². The Morgan fingerprint density at radius 3 is 2.69 bits per heavy atom. The first-order chi connectivity index (χ1) is 12.0. The zero-order valence-electron chi connectivity index (χ0n) is 14.7. The van der Waals surface area contributed by atoms with E-state index in [2.05, 4.69) is 10.2 Å². The second-order valence-electron chi connectivity index (χ2n) is 6.66. The molecular formula is C18H24Cl3N3OS. The molecule has 1 amide bonds. The molecule has 4 nitrogen and oxygen atoms in total. The Balaban J connectivity index is 0.00000243. The van der Waals surface area contributed by atoms with Crippen molar-refractivity contribution in [1.29, 1.82) is 0 Å². The highest BCUT2D eigenvalue weighted by molar-refractivity contribution is 8.14. The number of amides is 1. The number of hydrogen-bond acceptors (Lipinski definition) is 3. The van der Waals surface area contributed by atoms with Crippen LogP contribution in [-0.2, 0) is 4.79 Å². The number of anilines is 1. The number of halogens is 3. The molecule has 0 bridgehead atoms. The van der Waals surface area contributed by atoms with Crippen molar-refractivity contribution in [2.45, 2.75) is 50.6 Å². The van der Waals surface area contributed by atoms with E-state index in [1.54, 1.807) is 30.0 Å². The Hall–Kier alpha value is -0.620. The fraction of sp³-hybridized carbons (Fsp3) is 0.556. The maximum atomic E-state index is 12.3. The van der Waals surface area contributed by atoms with E-state index in [4.69, 9.17) is 28.2 Å². The van der Waals surface area contributed by atoms with Crippen molar-refractivity contribution < 1.29 is 4.79 Å². The van der Waals surface area contributed by atoms with Gasteiger partial charge in [-0.05, 0) is 31.0 Å². The third-order valence-corrected chi connectivity index (χ3v) is 6.69. The van der Waals surface area contributed by atoms with E-state index in [1.807, 2.05) is 7.05 Å². The molecule has 0 radical (unpaired) electrons. The Kier molecular flexibility index (Phi) is 8.40. The summed E-state index contributed by atoms with van der Waals surface area (Å²) in [5, 5.41) is 4.90. The normalized spacial score (nSPS) is 22.3. The Bertz CT molecular complexity index is 665. The molecule has 0 aromatic heterocycles. The summed E-state index contributed by atoms with van der Waals surface area (Å²) in [5.41, 5.74) is 0.670. The van der Waals surface area contributed by atoms with Gasteiger partial charge < -0.3 is 10.2 Å². The molecule has 1 aromatic carbocycles. The van der Waals surface area contributed by atoms with Crippen molar-refractivity contribution in [3.8, 4) is 0 Å². The van der Waals surface area contributed by atoms with Crippen molar-refractivity contribution in [3.05, 3.63) is 28.2 Å². The average Bonchev–Trinajstić information content (AvgIpc) is 2.92. The van der Waals surface area contributed by atoms with E-state index < -0.39 is 0 Å². The van der Waals surface area contributed by atoms with Gasteiger partial charge in [0, 0.05) is 31.0 Å². The van der Waals surface area contributed by atoms with Gasteiger partial charge >= 0.3 is 0 Å². The smallest absolute Gasteiger partial charge is 0.226 e. The van der Waals surface area contributed by atoms with E-state index >= 15 is 0 Å². The molecule has 26 heavy (non-hydrogen) atoms. The lowest BCUT2D eigenvalue weighted by Crippen LogP contribution is -2.34. The van der Waals surface area contributed by atoms with Gasteiger partial charge in [-0.15, -0.1) is 12.4 Å². The maximum Gasteiger partial charge on any atom is 0.226 e. The van der Waals surface area contributed by atoms with Crippen LogP contribution in [0.2, 0.25) is 10.0 Å². The molecule has 1 atom stereocenters. The molecule has 1 saturated heterocycles. The minimum absolute atomic E-state index is 0. The number of hydrogen-bond donors (Lipinski definition) is 1. The van der Waals surface area contributed by atoms with Crippen LogP contribution in [0.15, 0.2) is 23.2 Å². The zero-order chi connectivity index (χ0) is 17.8. The predicted molar refractivity (Wildman–Crippen MR) is 115 cm³/mol. The van der Waals surface area contributed by atoms with Crippen LogP contribution in [-0.4, -0.2) is 40.9 Å². The van der Waals surface area contributed by atoms with E-state index in [-0.39, 0.29) is 24.4 Å². The van der Waals surface area contributed by atoms with Gasteiger partial charge in [0.05, 0.1) is 16.1 Å². The van der Waals surface area contributed by atoms with Crippen LogP contribution in [0.1, 0.15) is 38.5 Å². The van der Waals surface area contributed by atoms with Gasteiger partial charge in [-0.25, -0.2) is 0 Å². The largest absolute Gasteiger partial charge is 0.350 e. The summed E-state index contributed by atoms with van der Waals surface area (Å²) in [6, 6.07) is 5.75. The van der Waals surface area contributed by atoms with E-state index in [1.165, 1.54) is 32.1 Å². The molecule has 1 aromatic rings. The number of thioether (sulfide) groups is 1. The zero-order valence-corrected chi connectivity index (χ0v) is 17.9. The summed E-state index contributed by atoms with van der Waals surface area (Å²) < 4.78 is 0. The highest BCUT2D eigenvalue weighted by atomic mass is 35.5. The molecule has 1 N–H and O–H groups in total. The van der Waals surface area contributed by atoms with Crippen molar-refractivity contribution >= 4 is 64.1 Å². The van der Waals surface area contributed by atoms with Crippen LogP contribution >= 0.6 is 47.4 Å². The number of benzene rings is 1. The van der Waals surface area contributed by atoms with Gasteiger partial charge in [0.15, 0.2) is 5.17 Å². The Morgan fingerprint density at radius 1 is 1.27 bits per heavy atom. The molecule has 1 aliphatic carbocycles. The number of nitrogens with zero attached hydrogens (tertiary/aromatic N) is 2. The SMILES string of the molecule is CN1C(=NC2CCCCC2)SCC1CC(=O)Nc1ccc(Cl)c(Cl)c1.Cl. The van der Waals surface area contributed by atoms with Crippen LogP contribution < -0.4 is 5.32 Å². The van der Waals surface area contributed by atoms with E-state index in [0.29, 0.717) is 28.2 Å². The first kappa shape index (κ1) is 21.7. The van der Waals surface area contributed by atoms with Gasteiger partial charge in [0.1, 0.15) is 0 Å². The first-order valence-electron chi connectivity index (χ1n) is 8.71. The molecule has 1 aliphatic heterocycles. The third-order valence-electron chi connectivity index (χ3n) is 4.75. The first-order valence-corrected chi connectivity index (χ1v) is 10.5. The molecule has 2 fully saturated rings. The average molecular weight is 437 g/mol. The summed E-state index contributed by atoms with van der Waals surface area (Å²) in [6.07, 6.45) is 6.73. The van der Waals surface area contributed by atoms with Crippen LogP contribution in [0.4, 0.5) is 5.69 Å². The Labute approximate surface area is 175 Å².